The SMILES string of the molecule is Cc1ccc(C(O)c2ccc(F)c3ccccc23)cc1F. The summed E-state index contributed by atoms with van der Waals surface area (Å²) in [7, 11) is 0. The first-order chi connectivity index (χ1) is 10.1. The number of halogens is 2. The molecule has 0 bridgehead atoms. The lowest BCUT2D eigenvalue weighted by Crippen LogP contribution is -2.02. The van der Waals surface area contributed by atoms with E-state index in [1.807, 2.05) is 0 Å². The fraction of sp³-hybridized carbons (Fsp3) is 0.111. The molecular formula is C18H14F2O. The van der Waals surface area contributed by atoms with Gasteiger partial charge in [0.25, 0.3) is 0 Å². The van der Waals surface area contributed by atoms with Gasteiger partial charge in [0, 0.05) is 5.39 Å². The van der Waals surface area contributed by atoms with E-state index in [-0.39, 0.29) is 11.6 Å². The fourth-order valence-corrected chi connectivity index (χ4v) is 2.48. The molecule has 0 aliphatic carbocycles. The average molecular weight is 284 g/mol. The summed E-state index contributed by atoms with van der Waals surface area (Å²) in [6.07, 6.45) is -0.995. The number of fused-ring (bicyclic) bond motifs is 1. The number of hydrogen-bond acceptors (Lipinski definition) is 1. The molecule has 1 N–H and O–H groups in total. The highest BCUT2D eigenvalue weighted by Crippen LogP contribution is 2.30. The first-order valence-corrected chi connectivity index (χ1v) is 6.69. The third-order valence-corrected chi connectivity index (χ3v) is 3.71. The van der Waals surface area contributed by atoms with Crippen molar-refractivity contribution in [3.05, 3.63) is 82.9 Å². The van der Waals surface area contributed by atoms with Crippen molar-refractivity contribution < 1.29 is 13.9 Å². The number of rotatable bonds is 2. The van der Waals surface area contributed by atoms with Crippen LogP contribution in [0.1, 0.15) is 22.8 Å². The van der Waals surface area contributed by atoms with Crippen LogP contribution in [-0.4, -0.2) is 5.11 Å². The summed E-state index contributed by atoms with van der Waals surface area (Å²) in [6.45, 7) is 1.67. The van der Waals surface area contributed by atoms with E-state index in [1.165, 1.54) is 12.1 Å². The van der Waals surface area contributed by atoms with Crippen LogP contribution < -0.4 is 0 Å². The van der Waals surface area contributed by atoms with Crippen molar-refractivity contribution in [1.82, 2.24) is 0 Å². The van der Waals surface area contributed by atoms with E-state index in [0.717, 1.165) is 0 Å². The molecule has 1 unspecified atom stereocenters. The van der Waals surface area contributed by atoms with E-state index in [0.29, 0.717) is 27.5 Å². The van der Waals surface area contributed by atoms with Gasteiger partial charge < -0.3 is 5.11 Å². The maximum absolute atomic E-state index is 13.8. The summed E-state index contributed by atoms with van der Waals surface area (Å²) >= 11 is 0. The Bertz CT molecular complexity index is 811. The molecular weight excluding hydrogens is 270 g/mol. The summed E-state index contributed by atoms with van der Waals surface area (Å²) in [5, 5.41) is 11.6. The van der Waals surface area contributed by atoms with Crippen molar-refractivity contribution in [3.8, 4) is 0 Å². The Balaban J connectivity index is 2.15. The Labute approximate surface area is 121 Å². The lowest BCUT2D eigenvalue weighted by molar-refractivity contribution is 0.221. The van der Waals surface area contributed by atoms with Gasteiger partial charge in [-0.3, -0.25) is 0 Å². The van der Waals surface area contributed by atoms with E-state index >= 15 is 0 Å². The molecule has 0 aliphatic heterocycles. The van der Waals surface area contributed by atoms with Gasteiger partial charge in [-0.15, -0.1) is 0 Å². The normalized spacial score (nSPS) is 12.6. The van der Waals surface area contributed by atoms with Gasteiger partial charge in [0.05, 0.1) is 0 Å². The Morgan fingerprint density at radius 2 is 1.57 bits per heavy atom. The van der Waals surface area contributed by atoms with Gasteiger partial charge in [0.2, 0.25) is 0 Å². The molecule has 0 heterocycles. The van der Waals surface area contributed by atoms with Crippen LogP contribution in [0.25, 0.3) is 10.8 Å². The molecule has 3 heteroatoms. The summed E-state index contributed by atoms with van der Waals surface area (Å²) in [4.78, 5) is 0. The quantitative estimate of drug-likeness (QED) is 0.734. The third-order valence-electron chi connectivity index (χ3n) is 3.71. The van der Waals surface area contributed by atoms with Crippen LogP contribution in [0.3, 0.4) is 0 Å². The fourth-order valence-electron chi connectivity index (χ4n) is 2.48. The molecule has 1 nitrogen and oxygen atoms in total. The van der Waals surface area contributed by atoms with Crippen molar-refractivity contribution in [2.45, 2.75) is 13.0 Å². The molecule has 3 aromatic rings. The van der Waals surface area contributed by atoms with E-state index < -0.39 is 6.10 Å². The minimum absolute atomic E-state index is 0.336. The van der Waals surface area contributed by atoms with Crippen molar-refractivity contribution in [3.63, 3.8) is 0 Å². The molecule has 0 fully saturated rings. The zero-order valence-electron chi connectivity index (χ0n) is 11.5. The molecule has 0 aliphatic rings. The lowest BCUT2D eigenvalue weighted by atomic mass is 9.95. The minimum Gasteiger partial charge on any atom is -0.384 e. The van der Waals surface area contributed by atoms with Gasteiger partial charge in [-0.05, 0) is 41.1 Å². The number of aliphatic hydroxyl groups is 1. The van der Waals surface area contributed by atoms with Crippen LogP contribution in [0, 0.1) is 18.6 Å². The van der Waals surface area contributed by atoms with Crippen LogP contribution in [0.5, 0.6) is 0 Å². The predicted molar refractivity (Wildman–Crippen MR) is 79.1 cm³/mol. The maximum atomic E-state index is 13.8. The first-order valence-electron chi connectivity index (χ1n) is 6.69. The van der Waals surface area contributed by atoms with Crippen LogP contribution >= 0.6 is 0 Å². The molecule has 1 atom stereocenters. The molecule has 106 valence electrons. The highest BCUT2D eigenvalue weighted by molar-refractivity contribution is 5.86. The van der Waals surface area contributed by atoms with Gasteiger partial charge in [-0.1, -0.05) is 42.5 Å². The number of benzene rings is 3. The second-order valence-electron chi connectivity index (χ2n) is 5.09. The number of aliphatic hydroxyl groups excluding tert-OH is 1. The Morgan fingerprint density at radius 1 is 0.857 bits per heavy atom. The molecule has 0 spiro atoms. The van der Waals surface area contributed by atoms with Crippen molar-refractivity contribution >= 4 is 10.8 Å². The average Bonchev–Trinajstić information content (AvgIpc) is 2.50. The number of aryl methyl sites for hydroxylation is 1. The van der Waals surface area contributed by atoms with E-state index in [4.69, 9.17) is 0 Å². The van der Waals surface area contributed by atoms with Gasteiger partial charge in [0.1, 0.15) is 17.7 Å². The van der Waals surface area contributed by atoms with Gasteiger partial charge in [0.15, 0.2) is 0 Å². The minimum atomic E-state index is -0.995. The summed E-state index contributed by atoms with van der Waals surface area (Å²) in [5.74, 6) is -0.699. The molecule has 0 radical (unpaired) electrons. The van der Waals surface area contributed by atoms with Crippen LogP contribution in [0.15, 0.2) is 54.6 Å². The maximum Gasteiger partial charge on any atom is 0.131 e. The molecule has 21 heavy (non-hydrogen) atoms. The van der Waals surface area contributed by atoms with Crippen molar-refractivity contribution in [1.29, 1.82) is 0 Å². The predicted octanol–water partition coefficient (Wildman–Crippen LogP) is 4.51. The molecule has 0 aromatic heterocycles. The highest BCUT2D eigenvalue weighted by Gasteiger charge is 2.16. The monoisotopic (exact) mass is 284 g/mol. The molecule has 0 saturated heterocycles. The van der Waals surface area contributed by atoms with Gasteiger partial charge in [-0.25, -0.2) is 8.78 Å². The molecule has 0 amide bonds. The van der Waals surface area contributed by atoms with Gasteiger partial charge >= 0.3 is 0 Å². The van der Waals surface area contributed by atoms with Crippen molar-refractivity contribution in [2.75, 3.05) is 0 Å². The smallest absolute Gasteiger partial charge is 0.131 e. The zero-order valence-corrected chi connectivity index (χ0v) is 11.5. The topological polar surface area (TPSA) is 20.2 Å². The van der Waals surface area contributed by atoms with Crippen LogP contribution in [-0.2, 0) is 0 Å². The Morgan fingerprint density at radius 3 is 2.29 bits per heavy atom. The summed E-state index contributed by atoms with van der Waals surface area (Å²) < 4.78 is 27.5. The molecule has 0 saturated carbocycles. The molecule has 3 rings (SSSR count). The second-order valence-corrected chi connectivity index (χ2v) is 5.09. The summed E-state index contributed by atoms with van der Waals surface area (Å²) in [6, 6.07) is 14.4. The van der Waals surface area contributed by atoms with E-state index in [2.05, 4.69) is 0 Å². The standard InChI is InChI=1S/C18H14F2O/c1-11-6-7-12(10-17(11)20)18(21)15-8-9-16(19)14-5-3-2-4-13(14)15/h2-10,18,21H,1H3. The number of hydrogen-bond donors (Lipinski definition) is 1. The zero-order chi connectivity index (χ0) is 15.0. The van der Waals surface area contributed by atoms with Crippen LogP contribution in [0.2, 0.25) is 0 Å². The lowest BCUT2D eigenvalue weighted by Gasteiger charge is -2.15. The summed E-state index contributed by atoms with van der Waals surface area (Å²) in [5.41, 5.74) is 1.54. The second kappa shape index (κ2) is 5.26. The third kappa shape index (κ3) is 2.41. The first kappa shape index (κ1) is 13.7. The highest BCUT2D eigenvalue weighted by atomic mass is 19.1. The van der Waals surface area contributed by atoms with Gasteiger partial charge in [-0.2, -0.15) is 0 Å². The van der Waals surface area contributed by atoms with E-state index in [1.54, 1.807) is 49.4 Å². The largest absolute Gasteiger partial charge is 0.384 e. The van der Waals surface area contributed by atoms with E-state index in [9.17, 15) is 13.9 Å². The Kier molecular flexibility index (Phi) is 3.43. The molecule has 3 aromatic carbocycles. The van der Waals surface area contributed by atoms with Crippen LogP contribution in [0.4, 0.5) is 8.78 Å². The Hall–Kier alpha value is -2.26. The van der Waals surface area contributed by atoms with Crippen molar-refractivity contribution in [2.24, 2.45) is 0 Å².